The summed E-state index contributed by atoms with van der Waals surface area (Å²) in [6.07, 6.45) is 5.04. The maximum absolute atomic E-state index is 12.9. The van der Waals surface area contributed by atoms with Crippen LogP contribution in [-0.2, 0) is 27.2 Å². The molecule has 0 bridgehead atoms. The zero-order valence-electron chi connectivity index (χ0n) is 17.4. The second kappa shape index (κ2) is 9.74. The van der Waals surface area contributed by atoms with Gasteiger partial charge >= 0.3 is 5.97 Å². The van der Waals surface area contributed by atoms with Crippen LogP contribution in [0.4, 0.5) is 5.00 Å². The first-order valence-electron chi connectivity index (χ1n) is 10.4. The van der Waals surface area contributed by atoms with Crippen LogP contribution in [0, 0.1) is 0 Å². The van der Waals surface area contributed by atoms with Crippen molar-refractivity contribution in [2.24, 2.45) is 10.1 Å². The number of nitrogens with zero attached hydrogens (tertiary/aromatic N) is 3. The molecule has 0 saturated heterocycles. The topological polar surface area (TPSA) is 100 Å². The predicted octanol–water partition coefficient (Wildman–Crippen LogP) is 3.86. The lowest BCUT2D eigenvalue weighted by Gasteiger charge is -2.13. The highest BCUT2D eigenvalue weighted by Crippen LogP contribution is 2.39. The fourth-order valence-corrected chi connectivity index (χ4v) is 7.02. The molecule has 1 aromatic rings. The van der Waals surface area contributed by atoms with Crippen LogP contribution in [0.2, 0.25) is 0 Å². The van der Waals surface area contributed by atoms with E-state index in [2.05, 4.69) is 15.4 Å². The molecule has 0 saturated carbocycles. The Balaban J connectivity index is 1.45. The van der Waals surface area contributed by atoms with Crippen LogP contribution in [0.25, 0.3) is 0 Å². The number of esters is 1. The summed E-state index contributed by atoms with van der Waals surface area (Å²) in [5, 5.41) is 9.91. The molecule has 0 radical (unpaired) electrons. The van der Waals surface area contributed by atoms with Gasteiger partial charge in [0.25, 0.3) is 0 Å². The Hall–Kier alpha value is -1.85. The largest absolute Gasteiger partial charge is 0.462 e. The van der Waals surface area contributed by atoms with Crippen LogP contribution >= 0.6 is 34.9 Å². The number of ether oxygens (including phenoxy) is 1. The molecule has 11 heteroatoms. The van der Waals surface area contributed by atoms with Crippen molar-refractivity contribution in [3.8, 4) is 0 Å². The first-order valence-corrected chi connectivity index (χ1v) is 12.9. The molecule has 1 aliphatic carbocycles. The number of hydrogen-bond donors (Lipinski definition) is 1. The quantitative estimate of drug-likeness (QED) is 0.639. The summed E-state index contributed by atoms with van der Waals surface area (Å²) in [6, 6.07) is 0. The van der Waals surface area contributed by atoms with Crippen LogP contribution in [0.5, 0.6) is 0 Å². The smallest absolute Gasteiger partial charge is 0.341 e. The zero-order chi connectivity index (χ0) is 22.0. The molecule has 4 rings (SSSR count). The summed E-state index contributed by atoms with van der Waals surface area (Å²) in [7, 11) is 0. The van der Waals surface area contributed by atoms with Gasteiger partial charge in [0.1, 0.15) is 5.00 Å². The number of amides is 2. The molecule has 1 atom stereocenters. The van der Waals surface area contributed by atoms with Crippen LogP contribution in [0.3, 0.4) is 0 Å². The Morgan fingerprint density at radius 1 is 1.26 bits per heavy atom. The van der Waals surface area contributed by atoms with Gasteiger partial charge in [0, 0.05) is 17.8 Å². The van der Waals surface area contributed by atoms with Crippen molar-refractivity contribution in [1.29, 1.82) is 0 Å². The molecule has 0 fully saturated rings. The number of amidine groups is 1. The molecule has 8 nitrogen and oxygen atoms in total. The zero-order valence-corrected chi connectivity index (χ0v) is 19.9. The van der Waals surface area contributed by atoms with E-state index in [1.54, 1.807) is 18.9 Å². The Labute approximate surface area is 193 Å². The van der Waals surface area contributed by atoms with Crippen LogP contribution in [0.15, 0.2) is 10.1 Å². The summed E-state index contributed by atoms with van der Waals surface area (Å²) in [5.41, 5.74) is 1.54. The SMILES string of the molecule is CCOC(=O)c1c(NC(=O)[C@H](C)SC2=NN3CCCC(=O)N=C3S2)sc2c1CCCC2. The molecular formula is C20H24N4O4S3. The number of aliphatic imine (C=N–C) groups is 1. The van der Waals surface area contributed by atoms with Crippen LogP contribution < -0.4 is 5.32 Å². The number of aryl methyl sites for hydroxylation is 1. The lowest BCUT2D eigenvalue weighted by molar-refractivity contribution is -0.118. The highest BCUT2D eigenvalue weighted by Gasteiger charge is 2.31. The number of fused-ring (bicyclic) bond motifs is 2. The minimum Gasteiger partial charge on any atom is -0.462 e. The summed E-state index contributed by atoms with van der Waals surface area (Å²) in [5.74, 6) is -0.702. The number of nitrogens with one attached hydrogen (secondary N) is 1. The first kappa shape index (κ1) is 22.3. The van der Waals surface area contributed by atoms with Gasteiger partial charge in [-0.1, -0.05) is 11.8 Å². The Morgan fingerprint density at radius 2 is 2.06 bits per heavy atom. The van der Waals surface area contributed by atoms with Gasteiger partial charge in [0.15, 0.2) is 9.54 Å². The van der Waals surface area contributed by atoms with E-state index in [0.717, 1.165) is 36.1 Å². The number of thioether (sulfide) groups is 2. The van der Waals surface area contributed by atoms with E-state index in [-0.39, 0.29) is 17.8 Å². The van der Waals surface area contributed by atoms with Crippen molar-refractivity contribution in [3.63, 3.8) is 0 Å². The van der Waals surface area contributed by atoms with Gasteiger partial charge in [-0.25, -0.2) is 9.80 Å². The third kappa shape index (κ3) is 4.98. The molecule has 0 unspecified atom stereocenters. The number of hydrazone groups is 1. The minimum absolute atomic E-state index is 0.134. The number of thiophene rings is 1. The van der Waals surface area contributed by atoms with Crippen molar-refractivity contribution in [1.82, 2.24) is 5.01 Å². The standard InChI is InChI=1S/C20H24N4O4S3/c1-3-28-18(27)15-12-7-4-5-8-13(12)30-17(15)22-16(26)11(2)29-20-23-24-10-6-9-14(25)21-19(24)31-20/h11H,3-10H2,1-2H3,(H,22,26)/t11-/m0/s1. The van der Waals surface area contributed by atoms with E-state index < -0.39 is 5.25 Å². The van der Waals surface area contributed by atoms with Crippen molar-refractivity contribution >= 4 is 67.2 Å². The third-order valence-electron chi connectivity index (χ3n) is 5.12. The molecule has 1 aromatic heterocycles. The molecule has 2 amide bonds. The number of anilines is 1. The van der Waals surface area contributed by atoms with Crippen LogP contribution in [-0.4, -0.2) is 50.7 Å². The molecular weight excluding hydrogens is 456 g/mol. The normalized spacial score (nSPS) is 19.0. The number of rotatable bonds is 5. The van der Waals surface area contributed by atoms with E-state index in [4.69, 9.17) is 4.74 Å². The van der Waals surface area contributed by atoms with Gasteiger partial charge in [0.05, 0.1) is 17.4 Å². The van der Waals surface area contributed by atoms with Crippen molar-refractivity contribution in [2.45, 2.75) is 57.6 Å². The maximum atomic E-state index is 12.9. The van der Waals surface area contributed by atoms with Crippen molar-refractivity contribution < 1.29 is 19.1 Å². The van der Waals surface area contributed by atoms with E-state index in [1.165, 1.54) is 34.9 Å². The number of carbonyl (C=O) groups excluding carboxylic acids is 3. The third-order valence-corrected chi connectivity index (χ3v) is 8.45. The van der Waals surface area contributed by atoms with E-state index >= 15 is 0 Å². The summed E-state index contributed by atoms with van der Waals surface area (Å²) < 4.78 is 5.95. The molecule has 0 spiro atoms. The molecule has 166 valence electrons. The van der Waals surface area contributed by atoms with Crippen molar-refractivity contribution in [3.05, 3.63) is 16.0 Å². The fraction of sp³-hybridized carbons (Fsp3) is 0.550. The van der Waals surface area contributed by atoms with Gasteiger partial charge in [-0.3, -0.25) is 9.59 Å². The lowest BCUT2D eigenvalue weighted by atomic mass is 9.95. The molecule has 31 heavy (non-hydrogen) atoms. The van der Waals surface area contributed by atoms with Gasteiger partial charge in [-0.15, -0.1) is 11.3 Å². The molecule has 2 aliphatic heterocycles. The van der Waals surface area contributed by atoms with Gasteiger partial charge in [-0.05, 0) is 63.3 Å². The van der Waals surface area contributed by atoms with E-state index in [9.17, 15) is 14.4 Å². The predicted molar refractivity (Wildman–Crippen MR) is 126 cm³/mol. The number of hydrogen-bond acceptors (Lipinski definition) is 9. The van der Waals surface area contributed by atoms with Gasteiger partial charge < -0.3 is 10.1 Å². The van der Waals surface area contributed by atoms with E-state index in [0.29, 0.717) is 46.1 Å². The fourth-order valence-electron chi connectivity index (χ4n) is 3.60. The second-order valence-electron chi connectivity index (χ2n) is 7.37. The lowest BCUT2D eigenvalue weighted by Crippen LogP contribution is -2.24. The average Bonchev–Trinajstić information content (AvgIpc) is 3.23. The average molecular weight is 481 g/mol. The molecule has 1 N–H and O–H groups in total. The van der Waals surface area contributed by atoms with Crippen LogP contribution in [0.1, 0.15) is 60.3 Å². The van der Waals surface area contributed by atoms with Gasteiger partial charge in [-0.2, -0.15) is 10.1 Å². The Kier molecular flexibility index (Phi) is 7.02. The molecule has 3 aliphatic rings. The summed E-state index contributed by atoms with van der Waals surface area (Å²) in [6.45, 7) is 4.52. The summed E-state index contributed by atoms with van der Waals surface area (Å²) >= 11 is 4.12. The van der Waals surface area contributed by atoms with Gasteiger partial charge in [0.2, 0.25) is 11.8 Å². The molecule has 0 aromatic carbocycles. The minimum atomic E-state index is -0.430. The first-order chi connectivity index (χ1) is 15.0. The maximum Gasteiger partial charge on any atom is 0.341 e. The molecule has 3 heterocycles. The summed E-state index contributed by atoms with van der Waals surface area (Å²) in [4.78, 5) is 42.5. The second-order valence-corrected chi connectivity index (χ2v) is 11.0. The van der Waals surface area contributed by atoms with Crippen molar-refractivity contribution in [2.75, 3.05) is 18.5 Å². The Bertz CT molecular complexity index is 972. The number of carbonyl (C=O) groups is 3. The highest BCUT2D eigenvalue weighted by molar-refractivity contribution is 8.45. The van der Waals surface area contributed by atoms with E-state index in [1.807, 2.05) is 0 Å². The highest BCUT2D eigenvalue weighted by atomic mass is 32.2. The Morgan fingerprint density at radius 3 is 2.87 bits per heavy atom. The monoisotopic (exact) mass is 480 g/mol.